The predicted octanol–water partition coefficient (Wildman–Crippen LogP) is 16.4. The second-order valence-corrected chi connectivity index (χ2v) is 24.8. The van der Waals surface area contributed by atoms with Crippen LogP contribution in [-0.4, -0.2) is 25.8 Å². The molecule has 0 saturated heterocycles. The average Bonchev–Trinajstić information content (AvgIpc) is 4.00. The number of imidazole rings is 1. The molecule has 10 aromatic rings. The van der Waals surface area contributed by atoms with Crippen molar-refractivity contribution in [2.45, 2.75) is 118 Å². The lowest BCUT2D eigenvalue weighted by Gasteiger charge is -2.35. The van der Waals surface area contributed by atoms with Gasteiger partial charge in [-0.05, 0) is 151 Å². The Morgan fingerprint density at radius 1 is 0.487 bits per heavy atom. The zero-order valence-electron chi connectivity index (χ0n) is 46.3. The fourth-order valence-electron chi connectivity index (χ4n) is 11.4. The quantitative estimate of drug-likeness (QED) is 0.142. The molecular weight excluding hydrogens is 932 g/mol. The van der Waals surface area contributed by atoms with Crippen LogP contribution in [0.3, 0.4) is 0 Å². The van der Waals surface area contributed by atoms with E-state index >= 15 is 0 Å². The summed E-state index contributed by atoms with van der Waals surface area (Å²) in [5.74, 6) is 7.29. The lowest BCUT2D eigenvalue weighted by Crippen LogP contribution is -2.57. The third-order valence-electron chi connectivity index (χ3n) is 15.7. The molecule has 0 spiro atoms. The van der Waals surface area contributed by atoms with Gasteiger partial charge in [0.05, 0.1) is 16.7 Å². The first-order valence-electron chi connectivity index (χ1n) is 27.0. The van der Waals surface area contributed by atoms with Crippen molar-refractivity contribution in [2.75, 3.05) is 0 Å². The Morgan fingerprint density at radius 3 is 1.71 bits per heavy atom. The van der Waals surface area contributed by atoms with Crippen LogP contribution in [0.2, 0.25) is 0 Å². The molecule has 0 unspecified atom stereocenters. The molecule has 0 bridgehead atoms. The molecule has 0 aliphatic carbocycles. The van der Waals surface area contributed by atoms with E-state index < -0.39 is 0 Å². The molecule has 8 heteroatoms. The minimum atomic E-state index is -0.0790. The van der Waals surface area contributed by atoms with Gasteiger partial charge in [-0.2, -0.15) is 0 Å². The van der Waals surface area contributed by atoms with Crippen LogP contribution in [0.25, 0.3) is 55.8 Å². The number of nitrogens with zero attached hydrogens (tertiary/aromatic N) is 4. The molecule has 0 amide bonds. The summed E-state index contributed by atoms with van der Waals surface area (Å²) < 4.78 is 25.4. The maximum atomic E-state index is 7.01. The second-order valence-electron chi connectivity index (χ2n) is 24.8. The highest BCUT2D eigenvalue weighted by molar-refractivity contribution is 6.98. The first kappa shape index (κ1) is 49.1. The summed E-state index contributed by atoms with van der Waals surface area (Å²) in [5.41, 5.74) is 15.8. The molecule has 7 aromatic carbocycles. The van der Waals surface area contributed by atoms with Crippen molar-refractivity contribution in [3.05, 3.63) is 186 Å². The topological polar surface area (TPSA) is 63.3 Å². The number of rotatable bonds is 8. The van der Waals surface area contributed by atoms with Gasteiger partial charge in [0.2, 0.25) is 0 Å². The van der Waals surface area contributed by atoms with Gasteiger partial charge in [0.25, 0.3) is 6.71 Å². The van der Waals surface area contributed by atoms with Crippen LogP contribution < -0.4 is 30.6 Å². The third kappa shape index (κ3) is 8.47. The lowest BCUT2D eigenvalue weighted by molar-refractivity contribution is 0.461. The maximum Gasteiger partial charge on any atom is 0.260 e. The van der Waals surface area contributed by atoms with Crippen molar-refractivity contribution in [1.82, 2.24) is 19.1 Å². The highest BCUT2D eigenvalue weighted by atomic mass is 16.5. The van der Waals surface area contributed by atoms with Crippen molar-refractivity contribution in [1.29, 1.82) is 0 Å². The zero-order chi connectivity index (χ0) is 53.2. The van der Waals surface area contributed by atoms with Crippen LogP contribution in [0.4, 0.5) is 0 Å². The molecule has 2 aliphatic rings. The normalized spacial score (nSPS) is 13.2. The van der Waals surface area contributed by atoms with Gasteiger partial charge < -0.3 is 14.2 Å². The van der Waals surface area contributed by atoms with Gasteiger partial charge in [-0.25, -0.2) is 9.97 Å². The second kappa shape index (κ2) is 17.9. The fourth-order valence-corrected chi connectivity index (χ4v) is 11.4. The van der Waals surface area contributed by atoms with Crippen molar-refractivity contribution in [3.8, 4) is 68.5 Å². The number of para-hydroxylation sites is 1. The van der Waals surface area contributed by atoms with Crippen LogP contribution in [0.1, 0.15) is 130 Å². The van der Waals surface area contributed by atoms with Gasteiger partial charge in [0.1, 0.15) is 46.1 Å². The molecule has 380 valence electrons. The average molecular weight is 999 g/mol. The molecule has 0 N–H and O–H groups in total. The van der Waals surface area contributed by atoms with Gasteiger partial charge in [0, 0.05) is 46.5 Å². The van der Waals surface area contributed by atoms with E-state index in [1.54, 1.807) is 0 Å². The first-order chi connectivity index (χ1) is 36.2. The number of aromatic nitrogens is 4. The van der Waals surface area contributed by atoms with Gasteiger partial charge >= 0.3 is 0 Å². The van der Waals surface area contributed by atoms with E-state index in [-0.39, 0.29) is 23.0 Å². The smallest absolute Gasteiger partial charge is 0.260 e. The Bertz CT molecular complexity index is 3830. The minimum Gasteiger partial charge on any atom is -0.458 e. The SMILES string of the molecule is CC(C)c1cccc(C(C)C)c1-n1ccnc1-c1cccc(Oc2ccc3c4cc(-c5cc6c7c(c5)Oc5cc(C(C)(C)C)ccc5B7c5ccc(C(C)(C)C)cc5O6)ccc4n(-c4cc(C(C)(C)C)ccn4)c3c2)c1. The van der Waals surface area contributed by atoms with Crippen molar-refractivity contribution in [3.63, 3.8) is 0 Å². The lowest BCUT2D eigenvalue weighted by atomic mass is 9.34. The maximum absolute atomic E-state index is 7.01. The Kier molecular flexibility index (Phi) is 11.6. The molecule has 0 atom stereocenters. The molecule has 2 aliphatic heterocycles. The number of pyridine rings is 1. The van der Waals surface area contributed by atoms with Crippen LogP contribution in [-0.2, 0) is 16.2 Å². The van der Waals surface area contributed by atoms with Crippen LogP contribution in [0, 0.1) is 0 Å². The van der Waals surface area contributed by atoms with Crippen molar-refractivity contribution >= 4 is 44.9 Å². The monoisotopic (exact) mass is 999 g/mol. The molecule has 3 aromatic heterocycles. The molecule has 7 nitrogen and oxygen atoms in total. The number of hydrogen-bond acceptors (Lipinski definition) is 5. The standard InChI is InChI=1S/C68H67BN4O3/c1-40(2)50-18-15-19-51(41(3)4)64(50)72-31-30-71-65(72)43-16-14-17-48(32-43)74-49-23-24-52-53-33-42(20-27-56(53)73(57(52)39-49)62-38-47(28-29-70-62)68(11,12)13)44-34-60-63-61(35-44)76-59-37-46(67(8,9)10)22-26-55(59)69(63)54-25-21-45(66(5,6)7)36-58(54)75-60/h14-41H,1-13H3. The molecule has 0 fully saturated rings. The molecule has 76 heavy (non-hydrogen) atoms. The van der Waals surface area contributed by atoms with Gasteiger partial charge in [-0.3, -0.25) is 9.13 Å². The van der Waals surface area contributed by atoms with Gasteiger partial charge in [-0.15, -0.1) is 0 Å². The van der Waals surface area contributed by atoms with E-state index in [4.69, 9.17) is 24.2 Å². The Balaban J connectivity index is 0.973. The van der Waals surface area contributed by atoms with E-state index in [0.717, 1.165) is 101 Å². The Morgan fingerprint density at radius 2 is 1.09 bits per heavy atom. The Labute approximate surface area is 448 Å². The van der Waals surface area contributed by atoms with Crippen molar-refractivity contribution < 1.29 is 14.2 Å². The number of benzene rings is 7. The van der Waals surface area contributed by atoms with E-state index in [9.17, 15) is 0 Å². The number of fused-ring (bicyclic) bond motifs is 7. The highest BCUT2D eigenvalue weighted by Gasteiger charge is 2.41. The summed E-state index contributed by atoms with van der Waals surface area (Å²) in [6, 6.07) is 50.4. The number of ether oxygens (including phenoxy) is 3. The van der Waals surface area contributed by atoms with Crippen molar-refractivity contribution in [2.24, 2.45) is 0 Å². The summed E-state index contributed by atoms with van der Waals surface area (Å²) in [5, 5.41) is 2.19. The third-order valence-corrected chi connectivity index (χ3v) is 15.7. The van der Waals surface area contributed by atoms with E-state index in [1.165, 1.54) is 33.5 Å². The van der Waals surface area contributed by atoms with Crippen LogP contribution in [0.15, 0.2) is 158 Å². The molecule has 0 radical (unpaired) electrons. The molecule has 5 heterocycles. The van der Waals surface area contributed by atoms with E-state index in [0.29, 0.717) is 11.8 Å². The predicted molar refractivity (Wildman–Crippen MR) is 315 cm³/mol. The van der Waals surface area contributed by atoms with Crippen LogP contribution >= 0.6 is 0 Å². The number of hydrogen-bond donors (Lipinski definition) is 0. The largest absolute Gasteiger partial charge is 0.458 e. The molecule has 0 saturated carbocycles. The summed E-state index contributed by atoms with van der Waals surface area (Å²) in [4.78, 5) is 9.98. The fraction of sp³-hybridized carbons (Fsp3) is 0.265. The summed E-state index contributed by atoms with van der Waals surface area (Å²) >= 11 is 0. The molecule has 12 rings (SSSR count). The zero-order valence-corrected chi connectivity index (χ0v) is 46.3. The minimum absolute atomic E-state index is 0.0291. The van der Waals surface area contributed by atoms with Gasteiger partial charge in [0.15, 0.2) is 0 Å². The summed E-state index contributed by atoms with van der Waals surface area (Å²) in [6.07, 6.45) is 5.91. The van der Waals surface area contributed by atoms with E-state index in [2.05, 4.69) is 239 Å². The first-order valence-corrected chi connectivity index (χ1v) is 27.0. The summed E-state index contributed by atoms with van der Waals surface area (Å²) in [7, 11) is 0. The highest BCUT2D eigenvalue weighted by Crippen LogP contribution is 2.44. The van der Waals surface area contributed by atoms with E-state index in [1.807, 2.05) is 18.5 Å². The summed E-state index contributed by atoms with van der Waals surface area (Å²) in [6.45, 7) is 29.3. The van der Waals surface area contributed by atoms with Crippen LogP contribution in [0.5, 0.6) is 34.5 Å². The molecular formula is C68H67BN4O3. The Hall–Kier alpha value is -7.84. The van der Waals surface area contributed by atoms with Gasteiger partial charge in [-0.1, -0.05) is 151 Å².